The third-order valence-corrected chi connectivity index (χ3v) is 3.86. The Bertz CT molecular complexity index is 756. The van der Waals surface area contributed by atoms with E-state index in [2.05, 4.69) is 46.4 Å². The summed E-state index contributed by atoms with van der Waals surface area (Å²) in [5.74, 6) is 0.732. The lowest BCUT2D eigenvalue weighted by atomic mass is 10.1. The summed E-state index contributed by atoms with van der Waals surface area (Å²) >= 11 is 0. The summed E-state index contributed by atoms with van der Waals surface area (Å²) < 4.78 is 7.94. The molecule has 1 heterocycles. The molecule has 0 spiro atoms. The van der Waals surface area contributed by atoms with Gasteiger partial charge in [0.2, 0.25) is 5.88 Å². The minimum atomic E-state index is 0. The molecule has 0 saturated heterocycles. The Hall–Kier alpha value is -2.04. The Morgan fingerprint density at radius 3 is 2.46 bits per heavy atom. The van der Waals surface area contributed by atoms with Crippen molar-refractivity contribution in [2.45, 2.75) is 13.0 Å². The maximum absolute atomic E-state index is 5.89. The van der Waals surface area contributed by atoms with Crippen LogP contribution in [0.15, 0.2) is 54.6 Å². The summed E-state index contributed by atoms with van der Waals surface area (Å²) in [5, 5.41) is 5.76. The van der Waals surface area contributed by atoms with Crippen LogP contribution in [0.3, 0.4) is 0 Å². The average Bonchev–Trinajstić information content (AvgIpc) is 2.92. The van der Waals surface area contributed by atoms with Crippen LogP contribution in [0.2, 0.25) is 0 Å². The third-order valence-electron chi connectivity index (χ3n) is 3.86. The van der Waals surface area contributed by atoms with Gasteiger partial charge in [0, 0.05) is 13.1 Å². The van der Waals surface area contributed by atoms with Crippen LogP contribution in [-0.2, 0) is 13.0 Å². The minimum Gasteiger partial charge on any atom is -0.475 e. The van der Waals surface area contributed by atoms with Gasteiger partial charge in [-0.3, -0.25) is 4.68 Å². The van der Waals surface area contributed by atoms with Gasteiger partial charge in [-0.25, -0.2) is 0 Å². The topological polar surface area (TPSA) is 30.3 Å². The van der Waals surface area contributed by atoms with Crippen LogP contribution in [0.5, 0.6) is 5.88 Å². The zero-order chi connectivity index (χ0) is 16.1. The molecule has 0 fully saturated rings. The summed E-state index contributed by atoms with van der Waals surface area (Å²) in [7, 11) is 4.08. The van der Waals surface area contributed by atoms with Crippen molar-refractivity contribution in [3.8, 4) is 5.88 Å². The summed E-state index contributed by atoms with van der Waals surface area (Å²) in [6, 6.07) is 18.8. The number of nitrogens with zero attached hydrogens (tertiary/aromatic N) is 3. The second-order valence-corrected chi connectivity index (χ2v) is 5.93. The van der Waals surface area contributed by atoms with E-state index < -0.39 is 0 Å². The van der Waals surface area contributed by atoms with E-state index in [1.165, 1.54) is 5.56 Å². The summed E-state index contributed by atoms with van der Waals surface area (Å²) in [6.07, 6.45) is 0.962. The first-order valence-corrected chi connectivity index (χ1v) is 8.01. The molecule has 5 heteroatoms. The standard InChI is InChI=1S/C19H23N3O.ClH/c1-21(2)14-15-23-19-17-10-6-7-11-18(17)22(20-19)13-12-16-8-4-3-5-9-16;/h3-11H,12-15H2,1-2H3;1H. The first kappa shape index (κ1) is 18.3. The summed E-state index contributed by atoms with van der Waals surface area (Å²) in [4.78, 5) is 2.11. The normalized spacial score (nSPS) is 10.8. The first-order valence-electron chi connectivity index (χ1n) is 8.01. The highest BCUT2D eigenvalue weighted by molar-refractivity contribution is 5.85. The van der Waals surface area contributed by atoms with Gasteiger partial charge in [0.05, 0.1) is 10.9 Å². The average molecular weight is 346 g/mol. The molecule has 128 valence electrons. The number of aryl methyl sites for hydroxylation is 2. The van der Waals surface area contributed by atoms with Crippen LogP contribution in [0.1, 0.15) is 5.56 Å². The molecular formula is C19H24ClN3O. The highest BCUT2D eigenvalue weighted by atomic mass is 35.5. The highest BCUT2D eigenvalue weighted by Crippen LogP contribution is 2.25. The Labute approximate surface area is 149 Å². The Morgan fingerprint density at radius 2 is 1.71 bits per heavy atom. The van der Waals surface area contributed by atoms with Gasteiger partial charge in [0.1, 0.15) is 6.61 Å². The van der Waals surface area contributed by atoms with Crippen molar-refractivity contribution < 1.29 is 4.74 Å². The van der Waals surface area contributed by atoms with E-state index >= 15 is 0 Å². The molecule has 24 heavy (non-hydrogen) atoms. The van der Waals surface area contributed by atoms with Gasteiger partial charge in [0.15, 0.2) is 0 Å². The van der Waals surface area contributed by atoms with Crippen molar-refractivity contribution in [2.24, 2.45) is 0 Å². The largest absolute Gasteiger partial charge is 0.475 e. The van der Waals surface area contributed by atoms with Crippen LogP contribution in [-0.4, -0.2) is 41.9 Å². The number of hydrogen-bond donors (Lipinski definition) is 0. The molecule has 0 amide bonds. The number of halogens is 1. The molecule has 1 aromatic heterocycles. The van der Waals surface area contributed by atoms with Crippen molar-refractivity contribution in [2.75, 3.05) is 27.2 Å². The lowest BCUT2D eigenvalue weighted by Gasteiger charge is -2.09. The minimum absolute atomic E-state index is 0. The molecule has 2 aromatic carbocycles. The molecule has 0 aliphatic rings. The molecule has 0 atom stereocenters. The van der Waals surface area contributed by atoms with Crippen LogP contribution < -0.4 is 4.74 Å². The first-order chi connectivity index (χ1) is 11.2. The molecule has 0 bridgehead atoms. The van der Waals surface area contributed by atoms with Crippen molar-refractivity contribution in [3.05, 3.63) is 60.2 Å². The van der Waals surface area contributed by atoms with Gasteiger partial charge in [-0.2, -0.15) is 0 Å². The van der Waals surface area contributed by atoms with Crippen LogP contribution in [0, 0.1) is 0 Å². The van der Waals surface area contributed by atoms with Gasteiger partial charge in [-0.15, -0.1) is 17.5 Å². The highest BCUT2D eigenvalue weighted by Gasteiger charge is 2.11. The SMILES string of the molecule is CN(C)CCOc1nn(CCc2ccccc2)c2ccccc12.Cl. The molecule has 0 unspecified atom stereocenters. The monoisotopic (exact) mass is 345 g/mol. The molecule has 3 aromatic rings. The van der Waals surface area contributed by atoms with Gasteiger partial charge < -0.3 is 9.64 Å². The summed E-state index contributed by atoms with van der Waals surface area (Å²) in [5.41, 5.74) is 2.45. The van der Waals surface area contributed by atoms with E-state index in [4.69, 9.17) is 4.74 Å². The number of rotatable bonds is 7. The number of benzene rings is 2. The van der Waals surface area contributed by atoms with E-state index in [0.717, 1.165) is 36.3 Å². The van der Waals surface area contributed by atoms with Gasteiger partial charge in [-0.1, -0.05) is 42.5 Å². The van der Waals surface area contributed by atoms with Crippen LogP contribution >= 0.6 is 12.4 Å². The second-order valence-electron chi connectivity index (χ2n) is 5.93. The predicted octanol–water partition coefficient (Wildman–Crippen LogP) is 3.64. The van der Waals surface area contributed by atoms with Gasteiger partial charge >= 0.3 is 0 Å². The van der Waals surface area contributed by atoms with E-state index in [-0.39, 0.29) is 12.4 Å². The van der Waals surface area contributed by atoms with E-state index in [1.54, 1.807) is 0 Å². The van der Waals surface area contributed by atoms with Crippen molar-refractivity contribution in [3.63, 3.8) is 0 Å². The van der Waals surface area contributed by atoms with Crippen LogP contribution in [0.4, 0.5) is 0 Å². The van der Waals surface area contributed by atoms with Gasteiger partial charge in [0.25, 0.3) is 0 Å². The quantitative estimate of drug-likeness (QED) is 0.655. The smallest absolute Gasteiger partial charge is 0.240 e. The maximum atomic E-state index is 5.89. The summed E-state index contributed by atoms with van der Waals surface area (Å²) in [6.45, 7) is 2.37. The fourth-order valence-corrected chi connectivity index (χ4v) is 2.58. The predicted molar refractivity (Wildman–Crippen MR) is 101 cm³/mol. The molecule has 3 rings (SSSR count). The maximum Gasteiger partial charge on any atom is 0.240 e. The Kier molecular flexibility index (Phi) is 6.64. The number of aromatic nitrogens is 2. The molecule has 4 nitrogen and oxygen atoms in total. The lowest BCUT2D eigenvalue weighted by Crippen LogP contribution is -2.19. The van der Waals surface area contributed by atoms with Crippen molar-refractivity contribution >= 4 is 23.3 Å². The number of ether oxygens (including phenoxy) is 1. The van der Waals surface area contributed by atoms with Crippen LogP contribution in [0.25, 0.3) is 10.9 Å². The molecule has 0 aliphatic carbocycles. The molecular weight excluding hydrogens is 322 g/mol. The molecule has 0 radical (unpaired) electrons. The fourth-order valence-electron chi connectivity index (χ4n) is 2.58. The number of fused-ring (bicyclic) bond motifs is 1. The fraction of sp³-hybridized carbons (Fsp3) is 0.316. The number of para-hydroxylation sites is 1. The third kappa shape index (κ3) is 4.49. The second kappa shape index (κ2) is 8.71. The van der Waals surface area contributed by atoms with E-state index in [9.17, 15) is 0 Å². The lowest BCUT2D eigenvalue weighted by molar-refractivity contribution is 0.253. The van der Waals surface area contributed by atoms with E-state index in [0.29, 0.717) is 6.61 Å². The zero-order valence-corrected chi connectivity index (χ0v) is 15.0. The number of hydrogen-bond acceptors (Lipinski definition) is 3. The van der Waals surface area contributed by atoms with E-state index in [1.807, 2.05) is 37.0 Å². The van der Waals surface area contributed by atoms with Gasteiger partial charge in [-0.05, 0) is 38.2 Å². The van der Waals surface area contributed by atoms with Crippen molar-refractivity contribution in [1.29, 1.82) is 0 Å². The Morgan fingerprint density at radius 1 is 1.00 bits per heavy atom. The number of likely N-dealkylation sites (N-methyl/N-ethyl adjacent to an activating group) is 1. The molecule has 0 N–H and O–H groups in total. The molecule has 0 saturated carbocycles. The molecule has 0 aliphatic heterocycles. The Balaban J connectivity index is 0.00000208. The van der Waals surface area contributed by atoms with Crippen molar-refractivity contribution in [1.82, 2.24) is 14.7 Å². The zero-order valence-electron chi connectivity index (χ0n) is 14.2.